The van der Waals surface area contributed by atoms with Gasteiger partial charge in [-0.05, 0) is 47.7 Å². The van der Waals surface area contributed by atoms with Crippen LogP contribution >= 0.6 is 11.8 Å². The first-order valence-electron chi connectivity index (χ1n) is 9.57. The molecule has 0 aliphatic carbocycles. The number of hydrogen-bond acceptors (Lipinski definition) is 4. The molecular weight excluding hydrogens is 382 g/mol. The van der Waals surface area contributed by atoms with Gasteiger partial charge in [0.15, 0.2) is 10.9 Å². The molecular formula is C24H27NO3S. The number of para-hydroxylation sites is 1. The van der Waals surface area contributed by atoms with E-state index in [9.17, 15) is 4.79 Å². The average Bonchev–Trinajstić information content (AvgIpc) is 3.16. The van der Waals surface area contributed by atoms with Crippen LogP contribution < -0.4 is 10.1 Å². The summed E-state index contributed by atoms with van der Waals surface area (Å²) in [5, 5.41) is 3.58. The number of amides is 1. The molecule has 0 spiro atoms. The van der Waals surface area contributed by atoms with Gasteiger partial charge >= 0.3 is 0 Å². The molecule has 0 unspecified atom stereocenters. The van der Waals surface area contributed by atoms with Gasteiger partial charge in [0.05, 0.1) is 7.11 Å². The molecule has 1 amide bonds. The lowest BCUT2D eigenvalue weighted by molar-refractivity contribution is 0.0918. The molecule has 5 heteroatoms. The highest BCUT2D eigenvalue weighted by Crippen LogP contribution is 2.35. The summed E-state index contributed by atoms with van der Waals surface area (Å²) in [7, 11) is 1.62. The lowest BCUT2D eigenvalue weighted by Gasteiger charge is -2.20. The second-order valence-corrected chi connectivity index (χ2v) is 8.99. The van der Waals surface area contributed by atoms with Crippen molar-refractivity contribution < 1.29 is 13.9 Å². The Labute approximate surface area is 176 Å². The topological polar surface area (TPSA) is 51.5 Å². The van der Waals surface area contributed by atoms with Crippen LogP contribution in [0.4, 0.5) is 0 Å². The fourth-order valence-electron chi connectivity index (χ4n) is 2.89. The number of carbonyl (C=O) groups excluding carboxylic acids is 1. The van der Waals surface area contributed by atoms with E-state index in [1.807, 2.05) is 30.3 Å². The van der Waals surface area contributed by atoms with E-state index in [4.69, 9.17) is 9.15 Å². The Morgan fingerprint density at radius 3 is 2.59 bits per heavy atom. The van der Waals surface area contributed by atoms with Crippen molar-refractivity contribution in [3.8, 4) is 5.75 Å². The molecule has 1 aromatic heterocycles. The van der Waals surface area contributed by atoms with Crippen LogP contribution in [0.3, 0.4) is 0 Å². The zero-order valence-corrected chi connectivity index (χ0v) is 18.4. The molecule has 0 aliphatic rings. The SMILES string of the molecule is COc1ccccc1CNC(=O)c1ccc(Sc2cc(C(C)(C)C)ccc2C)o1. The molecule has 0 aliphatic heterocycles. The maximum atomic E-state index is 12.5. The Balaban J connectivity index is 1.68. The zero-order chi connectivity index (χ0) is 21.0. The van der Waals surface area contributed by atoms with Crippen LogP contribution in [0.5, 0.6) is 5.75 Å². The molecule has 1 heterocycles. The minimum Gasteiger partial charge on any atom is -0.496 e. The van der Waals surface area contributed by atoms with Gasteiger partial charge < -0.3 is 14.5 Å². The van der Waals surface area contributed by atoms with Crippen LogP contribution in [-0.2, 0) is 12.0 Å². The van der Waals surface area contributed by atoms with Gasteiger partial charge in [0, 0.05) is 17.0 Å². The zero-order valence-electron chi connectivity index (χ0n) is 17.5. The minimum atomic E-state index is -0.247. The van der Waals surface area contributed by atoms with E-state index >= 15 is 0 Å². The molecule has 1 N–H and O–H groups in total. The Hall–Kier alpha value is -2.66. The molecule has 3 rings (SSSR count). The third kappa shape index (κ3) is 5.24. The quantitative estimate of drug-likeness (QED) is 0.544. The summed E-state index contributed by atoms with van der Waals surface area (Å²) in [6.45, 7) is 9.05. The van der Waals surface area contributed by atoms with Crippen molar-refractivity contribution in [3.63, 3.8) is 0 Å². The van der Waals surface area contributed by atoms with Gasteiger partial charge in [0.2, 0.25) is 0 Å². The number of benzene rings is 2. The molecule has 0 fully saturated rings. The van der Waals surface area contributed by atoms with Gasteiger partial charge in [-0.1, -0.05) is 62.9 Å². The lowest BCUT2D eigenvalue weighted by Crippen LogP contribution is -2.22. The highest BCUT2D eigenvalue weighted by Gasteiger charge is 2.17. The van der Waals surface area contributed by atoms with E-state index < -0.39 is 0 Å². The number of hydrogen-bond donors (Lipinski definition) is 1. The van der Waals surface area contributed by atoms with E-state index in [0.29, 0.717) is 17.4 Å². The van der Waals surface area contributed by atoms with Gasteiger partial charge in [0.1, 0.15) is 5.75 Å². The summed E-state index contributed by atoms with van der Waals surface area (Å²) in [6, 6.07) is 17.7. The summed E-state index contributed by atoms with van der Waals surface area (Å²) in [4.78, 5) is 13.6. The maximum absolute atomic E-state index is 12.5. The Morgan fingerprint density at radius 2 is 1.86 bits per heavy atom. The van der Waals surface area contributed by atoms with Crippen LogP contribution in [0, 0.1) is 6.92 Å². The molecule has 0 atom stereocenters. The first-order valence-corrected chi connectivity index (χ1v) is 10.4. The smallest absolute Gasteiger partial charge is 0.287 e. The van der Waals surface area contributed by atoms with Gasteiger partial charge in [-0.25, -0.2) is 0 Å². The predicted octanol–water partition coefficient (Wildman–Crippen LogP) is 5.98. The second kappa shape index (κ2) is 8.78. The summed E-state index contributed by atoms with van der Waals surface area (Å²) in [6.07, 6.45) is 0. The van der Waals surface area contributed by atoms with Gasteiger partial charge in [0.25, 0.3) is 5.91 Å². The first-order chi connectivity index (χ1) is 13.8. The largest absolute Gasteiger partial charge is 0.496 e. The first kappa shape index (κ1) is 21.1. The Bertz CT molecular complexity index is 1000. The fourth-order valence-corrected chi connectivity index (χ4v) is 3.79. The van der Waals surface area contributed by atoms with E-state index in [1.54, 1.807) is 13.2 Å². The van der Waals surface area contributed by atoms with Gasteiger partial charge in [-0.3, -0.25) is 4.79 Å². The highest BCUT2D eigenvalue weighted by molar-refractivity contribution is 7.99. The van der Waals surface area contributed by atoms with Crippen LogP contribution in [0.25, 0.3) is 0 Å². The molecule has 0 bridgehead atoms. The van der Waals surface area contributed by atoms with Crippen LogP contribution in [-0.4, -0.2) is 13.0 Å². The third-order valence-electron chi connectivity index (χ3n) is 4.70. The van der Waals surface area contributed by atoms with Crippen molar-refractivity contribution in [2.75, 3.05) is 7.11 Å². The summed E-state index contributed by atoms with van der Waals surface area (Å²) in [5.41, 5.74) is 3.45. The number of ether oxygens (including phenoxy) is 1. The fraction of sp³-hybridized carbons (Fsp3) is 0.292. The number of methoxy groups -OCH3 is 1. The number of carbonyl (C=O) groups is 1. The van der Waals surface area contributed by atoms with E-state index in [-0.39, 0.29) is 11.3 Å². The summed E-state index contributed by atoms with van der Waals surface area (Å²) < 4.78 is 11.1. The maximum Gasteiger partial charge on any atom is 0.287 e. The number of rotatable bonds is 6. The van der Waals surface area contributed by atoms with Crippen LogP contribution in [0.15, 0.2) is 69.0 Å². The van der Waals surface area contributed by atoms with Crippen molar-refractivity contribution in [3.05, 3.63) is 77.0 Å². The van der Waals surface area contributed by atoms with Crippen LogP contribution in [0.2, 0.25) is 0 Å². The summed E-state index contributed by atoms with van der Waals surface area (Å²) in [5.74, 6) is 0.799. The molecule has 4 nitrogen and oxygen atoms in total. The molecule has 0 saturated heterocycles. The second-order valence-electron chi connectivity index (χ2n) is 7.95. The molecule has 3 aromatic rings. The highest BCUT2D eigenvalue weighted by atomic mass is 32.2. The van der Waals surface area contributed by atoms with Crippen molar-refractivity contribution >= 4 is 17.7 Å². The molecule has 29 heavy (non-hydrogen) atoms. The normalized spacial score (nSPS) is 11.3. The monoisotopic (exact) mass is 409 g/mol. The van der Waals surface area contributed by atoms with E-state index in [1.165, 1.54) is 22.9 Å². The number of aryl methyl sites for hydroxylation is 1. The van der Waals surface area contributed by atoms with Crippen molar-refractivity contribution in [2.45, 2.75) is 49.6 Å². The Kier molecular flexibility index (Phi) is 6.38. The van der Waals surface area contributed by atoms with Gasteiger partial charge in [-0.2, -0.15) is 0 Å². The summed E-state index contributed by atoms with van der Waals surface area (Å²) >= 11 is 1.54. The van der Waals surface area contributed by atoms with Crippen molar-refractivity contribution in [2.24, 2.45) is 0 Å². The predicted molar refractivity (Wildman–Crippen MR) is 117 cm³/mol. The molecule has 0 radical (unpaired) electrons. The van der Waals surface area contributed by atoms with E-state index in [0.717, 1.165) is 16.2 Å². The number of furan rings is 1. The van der Waals surface area contributed by atoms with Crippen molar-refractivity contribution in [1.29, 1.82) is 0 Å². The van der Waals surface area contributed by atoms with E-state index in [2.05, 4.69) is 51.2 Å². The minimum absolute atomic E-state index is 0.0791. The number of nitrogens with one attached hydrogen (secondary N) is 1. The van der Waals surface area contributed by atoms with Crippen molar-refractivity contribution in [1.82, 2.24) is 5.32 Å². The Morgan fingerprint density at radius 1 is 1.10 bits per heavy atom. The standard InChI is InChI=1S/C24H27NO3S/c1-16-10-11-18(24(2,3)4)14-21(16)29-22-13-12-20(28-22)23(26)25-15-17-8-6-7-9-19(17)27-5/h6-14H,15H2,1-5H3,(H,25,26). The van der Waals surface area contributed by atoms with Gasteiger partial charge in [-0.15, -0.1) is 0 Å². The molecule has 152 valence electrons. The molecule has 0 saturated carbocycles. The lowest BCUT2D eigenvalue weighted by atomic mass is 9.87. The molecule has 2 aromatic carbocycles. The van der Waals surface area contributed by atoms with Crippen LogP contribution in [0.1, 0.15) is 48.0 Å². The average molecular weight is 410 g/mol. The third-order valence-corrected chi connectivity index (χ3v) is 5.78.